The molecule has 1 aliphatic carbocycles. The Bertz CT molecular complexity index is 738. The van der Waals surface area contributed by atoms with E-state index in [4.69, 9.17) is 11.6 Å². The smallest absolute Gasteiger partial charge is 0.198 e. The standard InChI is InChI=1S/C14H11ClN4/c15-12-14-18-17-13(19(14)7-6-16-12)11-8-10(11)9-4-2-1-3-5-9/h1-7,10-11H,8H2. The van der Waals surface area contributed by atoms with Crippen LogP contribution in [0.5, 0.6) is 0 Å². The van der Waals surface area contributed by atoms with Gasteiger partial charge in [0.1, 0.15) is 5.82 Å². The van der Waals surface area contributed by atoms with Crippen molar-refractivity contribution in [1.82, 2.24) is 19.6 Å². The molecule has 4 rings (SSSR count). The number of benzene rings is 1. The van der Waals surface area contributed by atoms with Crippen molar-refractivity contribution in [2.45, 2.75) is 18.3 Å². The van der Waals surface area contributed by atoms with Crippen LogP contribution in [0.25, 0.3) is 5.65 Å². The van der Waals surface area contributed by atoms with Gasteiger partial charge in [-0.15, -0.1) is 10.2 Å². The summed E-state index contributed by atoms with van der Waals surface area (Å²) in [4.78, 5) is 4.02. The zero-order valence-corrected chi connectivity index (χ0v) is 10.8. The molecule has 1 aliphatic rings. The lowest BCUT2D eigenvalue weighted by molar-refractivity contribution is 0.868. The Morgan fingerprint density at radius 1 is 1.11 bits per heavy atom. The van der Waals surface area contributed by atoms with E-state index < -0.39 is 0 Å². The number of rotatable bonds is 2. The van der Waals surface area contributed by atoms with Crippen LogP contribution >= 0.6 is 11.6 Å². The third-order valence-corrected chi connectivity index (χ3v) is 3.93. The zero-order chi connectivity index (χ0) is 12.8. The van der Waals surface area contributed by atoms with Crippen LogP contribution in [-0.2, 0) is 0 Å². The third kappa shape index (κ3) is 1.71. The van der Waals surface area contributed by atoms with E-state index in [1.807, 2.05) is 16.7 Å². The van der Waals surface area contributed by atoms with Crippen LogP contribution < -0.4 is 0 Å². The molecule has 1 fully saturated rings. The van der Waals surface area contributed by atoms with E-state index in [0.717, 1.165) is 12.2 Å². The van der Waals surface area contributed by atoms with Gasteiger partial charge in [-0.25, -0.2) is 4.98 Å². The number of halogens is 1. The second-order valence-electron chi connectivity index (χ2n) is 4.83. The summed E-state index contributed by atoms with van der Waals surface area (Å²) < 4.78 is 1.95. The molecule has 0 saturated heterocycles. The number of hydrogen-bond donors (Lipinski definition) is 0. The highest BCUT2D eigenvalue weighted by Gasteiger charge is 2.42. The van der Waals surface area contributed by atoms with Crippen molar-refractivity contribution in [2.24, 2.45) is 0 Å². The van der Waals surface area contributed by atoms with Crippen molar-refractivity contribution in [2.75, 3.05) is 0 Å². The number of aromatic nitrogens is 4. The molecular weight excluding hydrogens is 260 g/mol. The van der Waals surface area contributed by atoms with Crippen molar-refractivity contribution < 1.29 is 0 Å². The molecule has 0 bridgehead atoms. The quantitative estimate of drug-likeness (QED) is 0.719. The summed E-state index contributed by atoms with van der Waals surface area (Å²) in [6, 6.07) is 10.5. The summed E-state index contributed by atoms with van der Waals surface area (Å²) in [6.07, 6.45) is 4.67. The van der Waals surface area contributed by atoms with Crippen molar-refractivity contribution in [3.05, 3.63) is 59.3 Å². The average Bonchev–Trinajstić information content (AvgIpc) is 3.12. The summed E-state index contributed by atoms with van der Waals surface area (Å²) in [6.45, 7) is 0. The third-order valence-electron chi connectivity index (χ3n) is 3.66. The molecule has 2 heterocycles. The lowest BCUT2D eigenvalue weighted by Crippen LogP contribution is -1.94. The van der Waals surface area contributed by atoms with Crippen molar-refractivity contribution in [3.63, 3.8) is 0 Å². The van der Waals surface area contributed by atoms with Gasteiger partial charge >= 0.3 is 0 Å². The van der Waals surface area contributed by atoms with E-state index in [0.29, 0.717) is 22.6 Å². The molecule has 19 heavy (non-hydrogen) atoms. The van der Waals surface area contributed by atoms with Crippen LogP contribution in [0.4, 0.5) is 0 Å². The number of fused-ring (bicyclic) bond motifs is 1. The fraction of sp³-hybridized carbons (Fsp3) is 0.214. The second kappa shape index (κ2) is 4.03. The lowest BCUT2D eigenvalue weighted by Gasteiger charge is -2.00. The van der Waals surface area contributed by atoms with Crippen LogP contribution in [0.1, 0.15) is 29.6 Å². The Morgan fingerprint density at radius 3 is 2.79 bits per heavy atom. The minimum Gasteiger partial charge on any atom is -0.282 e. The molecule has 0 radical (unpaired) electrons. The van der Waals surface area contributed by atoms with Gasteiger partial charge in [-0.1, -0.05) is 41.9 Å². The van der Waals surface area contributed by atoms with E-state index in [1.54, 1.807) is 6.20 Å². The summed E-state index contributed by atoms with van der Waals surface area (Å²) in [5.41, 5.74) is 2.00. The summed E-state index contributed by atoms with van der Waals surface area (Å²) in [7, 11) is 0. The van der Waals surface area contributed by atoms with Gasteiger partial charge < -0.3 is 0 Å². The average molecular weight is 271 g/mol. The molecule has 3 aromatic rings. The molecule has 0 N–H and O–H groups in total. The van der Waals surface area contributed by atoms with Crippen molar-refractivity contribution in [3.8, 4) is 0 Å². The predicted molar refractivity (Wildman–Crippen MR) is 72.3 cm³/mol. The summed E-state index contributed by atoms with van der Waals surface area (Å²) in [5.74, 6) is 1.95. The molecule has 94 valence electrons. The topological polar surface area (TPSA) is 43.1 Å². The van der Waals surface area contributed by atoms with E-state index in [-0.39, 0.29) is 0 Å². The first-order valence-corrected chi connectivity index (χ1v) is 6.62. The molecule has 4 nitrogen and oxygen atoms in total. The molecule has 0 amide bonds. The normalized spacial score (nSPS) is 21.7. The highest BCUT2D eigenvalue weighted by atomic mass is 35.5. The van der Waals surface area contributed by atoms with Gasteiger partial charge in [0.2, 0.25) is 0 Å². The number of hydrogen-bond acceptors (Lipinski definition) is 3. The molecule has 0 spiro atoms. The fourth-order valence-corrected chi connectivity index (χ4v) is 2.80. The first kappa shape index (κ1) is 10.9. The van der Waals surface area contributed by atoms with Crippen LogP contribution in [0, 0.1) is 0 Å². The van der Waals surface area contributed by atoms with Gasteiger partial charge in [-0.3, -0.25) is 4.40 Å². The van der Waals surface area contributed by atoms with Gasteiger partial charge in [0.15, 0.2) is 10.8 Å². The van der Waals surface area contributed by atoms with Crippen molar-refractivity contribution in [1.29, 1.82) is 0 Å². The van der Waals surface area contributed by atoms with Gasteiger partial charge in [0.05, 0.1) is 0 Å². The first-order chi connectivity index (χ1) is 9.34. The van der Waals surface area contributed by atoms with E-state index in [1.165, 1.54) is 5.56 Å². The van der Waals surface area contributed by atoms with Gasteiger partial charge in [-0.05, 0) is 17.9 Å². The maximum Gasteiger partial charge on any atom is 0.198 e. The maximum absolute atomic E-state index is 6.01. The van der Waals surface area contributed by atoms with Crippen molar-refractivity contribution >= 4 is 17.2 Å². The molecule has 2 aromatic heterocycles. The monoisotopic (exact) mass is 270 g/mol. The van der Waals surface area contributed by atoms with E-state index in [2.05, 4.69) is 39.4 Å². The van der Waals surface area contributed by atoms with Crippen LogP contribution in [0.2, 0.25) is 5.15 Å². The first-order valence-electron chi connectivity index (χ1n) is 6.24. The molecule has 2 atom stereocenters. The largest absolute Gasteiger partial charge is 0.282 e. The SMILES string of the molecule is Clc1nccn2c(C3CC3c3ccccc3)nnc12. The molecule has 1 saturated carbocycles. The fourth-order valence-electron chi connectivity index (χ4n) is 2.62. The Labute approximate surface area is 115 Å². The van der Waals surface area contributed by atoms with Gasteiger partial charge in [0.25, 0.3) is 0 Å². The highest BCUT2D eigenvalue weighted by Crippen LogP contribution is 2.53. The summed E-state index contributed by atoms with van der Waals surface area (Å²) >= 11 is 6.01. The Morgan fingerprint density at radius 2 is 1.95 bits per heavy atom. The zero-order valence-electron chi connectivity index (χ0n) is 10.1. The molecule has 2 unspecified atom stereocenters. The summed E-state index contributed by atoms with van der Waals surface area (Å²) in [5, 5.41) is 8.81. The number of nitrogens with zero attached hydrogens (tertiary/aromatic N) is 4. The van der Waals surface area contributed by atoms with E-state index in [9.17, 15) is 0 Å². The maximum atomic E-state index is 6.01. The molecule has 1 aromatic carbocycles. The second-order valence-corrected chi connectivity index (χ2v) is 5.19. The minimum atomic E-state index is 0.401. The van der Waals surface area contributed by atoms with Gasteiger partial charge in [0, 0.05) is 18.3 Å². The Kier molecular flexibility index (Phi) is 2.32. The lowest BCUT2D eigenvalue weighted by atomic mass is 10.1. The Hall–Kier alpha value is -1.94. The van der Waals surface area contributed by atoms with Crippen LogP contribution in [-0.4, -0.2) is 19.6 Å². The van der Waals surface area contributed by atoms with Crippen LogP contribution in [0.3, 0.4) is 0 Å². The van der Waals surface area contributed by atoms with Gasteiger partial charge in [-0.2, -0.15) is 0 Å². The minimum absolute atomic E-state index is 0.401. The van der Waals surface area contributed by atoms with Crippen LogP contribution in [0.15, 0.2) is 42.7 Å². The highest BCUT2D eigenvalue weighted by molar-refractivity contribution is 6.32. The Balaban J connectivity index is 1.72. The predicted octanol–water partition coefficient (Wildman–Crippen LogP) is 3.05. The molecule has 5 heteroatoms. The molecule has 0 aliphatic heterocycles. The van der Waals surface area contributed by atoms with E-state index >= 15 is 0 Å². The molecular formula is C14H11ClN4.